The molecule has 0 aliphatic carbocycles. The van der Waals surface area contributed by atoms with Crippen LogP contribution in [0.15, 0.2) is 0 Å². The van der Waals surface area contributed by atoms with Crippen molar-refractivity contribution in [2.75, 3.05) is 6.00 Å². The van der Waals surface area contributed by atoms with Gasteiger partial charge in [-0.15, -0.1) is 11.6 Å². The van der Waals surface area contributed by atoms with E-state index in [4.69, 9.17) is 23.4 Å². The van der Waals surface area contributed by atoms with Gasteiger partial charge in [-0.2, -0.15) is 0 Å². The van der Waals surface area contributed by atoms with E-state index in [9.17, 15) is 4.79 Å². The van der Waals surface area contributed by atoms with Crippen molar-refractivity contribution in [2.45, 2.75) is 0 Å². The summed E-state index contributed by atoms with van der Waals surface area (Å²) in [5.74, 6) is 0. The van der Waals surface area contributed by atoms with E-state index in [0.29, 0.717) is 4.42 Å². The van der Waals surface area contributed by atoms with Crippen molar-refractivity contribution in [1.82, 2.24) is 4.42 Å². The van der Waals surface area contributed by atoms with Crippen LogP contribution >= 0.6 is 23.4 Å². The third-order valence-corrected chi connectivity index (χ3v) is 0.992. The molecule has 0 atom stereocenters. The zero-order valence-corrected chi connectivity index (χ0v) is 4.91. The number of rotatable bonds is 1. The molecule has 42 valence electrons. The zero-order valence-electron chi connectivity index (χ0n) is 3.40. The highest BCUT2D eigenvalue weighted by atomic mass is 35.5. The minimum atomic E-state index is -0.739. The van der Waals surface area contributed by atoms with Crippen molar-refractivity contribution in [2.24, 2.45) is 5.73 Å². The fourth-order valence-corrected chi connectivity index (χ4v) is 0.177. The van der Waals surface area contributed by atoms with Crippen molar-refractivity contribution in [1.29, 1.82) is 0 Å². The first kappa shape index (κ1) is 6.85. The first-order valence-electron chi connectivity index (χ1n) is 1.47. The minimum Gasteiger partial charge on any atom is -0.350 e. The Morgan fingerprint density at radius 2 is 2.29 bits per heavy atom. The molecule has 0 saturated heterocycles. The molecule has 0 aliphatic heterocycles. The fourth-order valence-electron chi connectivity index (χ4n) is 0.0589. The van der Waals surface area contributed by atoms with E-state index < -0.39 is 6.03 Å². The van der Waals surface area contributed by atoms with Crippen LogP contribution in [0, 0.1) is 0 Å². The van der Waals surface area contributed by atoms with Gasteiger partial charge < -0.3 is 5.73 Å². The number of urea groups is 1. The molecule has 0 aromatic carbocycles. The second-order valence-electron chi connectivity index (χ2n) is 0.820. The molecule has 0 spiro atoms. The van der Waals surface area contributed by atoms with E-state index in [1.165, 1.54) is 0 Å². The highest BCUT2D eigenvalue weighted by molar-refractivity contribution is 6.27. The summed E-state index contributed by atoms with van der Waals surface area (Å²) in [6.45, 7) is 0. The lowest BCUT2D eigenvalue weighted by atomic mass is 11.0. The molecule has 0 fully saturated rings. The summed E-state index contributed by atoms with van der Waals surface area (Å²) in [6, 6.07) is -0.826. The molecule has 0 unspecified atom stereocenters. The van der Waals surface area contributed by atoms with Gasteiger partial charge in [0.2, 0.25) is 0 Å². The monoisotopic (exact) mass is 142 g/mol. The molecular formula is C2H4Cl2N2O. The van der Waals surface area contributed by atoms with Crippen LogP contribution in [0.3, 0.4) is 0 Å². The minimum absolute atomic E-state index is 0.0864. The van der Waals surface area contributed by atoms with Gasteiger partial charge in [0.15, 0.2) is 0 Å². The fraction of sp³-hybridized carbons (Fsp3) is 0.500. The molecule has 0 aromatic rings. The summed E-state index contributed by atoms with van der Waals surface area (Å²) in [4.78, 5) is 9.86. The Labute approximate surface area is 51.1 Å². The lowest BCUT2D eigenvalue weighted by molar-refractivity contribution is 0.237. The molecule has 0 heterocycles. The molecule has 5 heteroatoms. The van der Waals surface area contributed by atoms with Crippen LogP contribution in [-0.2, 0) is 0 Å². The van der Waals surface area contributed by atoms with E-state index in [-0.39, 0.29) is 6.00 Å². The highest BCUT2D eigenvalue weighted by Gasteiger charge is 1.99. The number of hydrogen-bond acceptors (Lipinski definition) is 1. The number of primary amides is 1. The zero-order chi connectivity index (χ0) is 5.86. The molecule has 7 heavy (non-hydrogen) atoms. The maximum Gasteiger partial charge on any atom is 0.330 e. The largest absolute Gasteiger partial charge is 0.350 e. The number of nitrogens with zero attached hydrogens (tertiary/aromatic N) is 1. The standard InChI is InChI=1S/C2H4Cl2N2O/c3-1-6(4)2(5)7/h1H2,(H2,5,7). The van der Waals surface area contributed by atoms with Gasteiger partial charge in [0.05, 0.1) is 0 Å². The predicted molar refractivity (Wildman–Crippen MR) is 28.0 cm³/mol. The van der Waals surface area contributed by atoms with E-state index in [1.54, 1.807) is 0 Å². The van der Waals surface area contributed by atoms with Crippen molar-refractivity contribution in [3.63, 3.8) is 0 Å². The van der Waals surface area contributed by atoms with Gasteiger partial charge in [-0.1, -0.05) is 0 Å². The maximum atomic E-state index is 9.86. The summed E-state index contributed by atoms with van der Waals surface area (Å²) >= 11 is 10.1. The lowest BCUT2D eigenvalue weighted by Crippen LogP contribution is -2.25. The summed E-state index contributed by atoms with van der Waals surface area (Å²) < 4.78 is 0.668. The first-order valence-corrected chi connectivity index (χ1v) is 2.34. The molecule has 0 aromatic heterocycles. The van der Waals surface area contributed by atoms with E-state index in [2.05, 4.69) is 5.73 Å². The van der Waals surface area contributed by atoms with Crippen LogP contribution in [0.5, 0.6) is 0 Å². The van der Waals surface area contributed by atoms with Crippen LogP contribution in [-0.4, -0.2) is 16.5 Å². The molecule has 3 nitrogen and oxygen atoms in total. The molecule has 0 saturated carbocycles. The molecule has 2 N–H and O–H groups in total. The summed E-state index contributed by atoms with van der Waals surface area (Å²) in [6.07, 6.45) is 0. The summed E-state index contributed by atoms with van der Waals surface area (Å²) in [5, 5.41) is 0. The predicted octanol–water partition coefficient (Wildman–Crippen LogP) is 0.717. The van der Waals surface area contributed by atoms with E-state index in [1.807, 2.05) is 0 Å². The molecule has 0 aliphatic rings. The lowest BCUT2D eigenvalue weighted by Gasteiger charge is -2.02. The van der Waals surface area contributed by atoms with Gasteiger partial charge in [0, 0.05) is 11.8 Å². The maximum absolute atomic E-state index is 9.86. The Hall–Kier alpha value is -0.150. The third-order valence-electron chi connectivity index (χ3n) is 0.344. The van der Waals surface area contributed by atoms with Gasteiger partial charge >= 0.3 is 6.03 Å². The van der Waals surface area contributed by atoms with Crippen molar-refractivity contribution >= 4 is 29.4 Å². The molecular weight excluding hydrogens is 139 g/mol. The number of nitrogens with two attached hydrogens (primary N) is 1. The van der Waals surface area contributed by atoms with Gasteiger partial charge in [-0.05, 0) is 0 Å². The second kappa shape index (κ2) is 2.93. The van der Waals surface area contributed by atoms with Crippen LogP contribution in [0.1, 0.15) is 0 Å². The highest BCUT2D eigenvalue weighted by Crippen LogP contribution is 1.92. The average molecular weight is 143 g/mol. The number of halogens is 2. The van der Waals surface area contributed by atoms with Crippen molar-refractivity contribution in [3.05, 3.63) is 0 Å². The first-order chi connectivity index (χ1) is 3.18. The van der Waals surface area contributed by atoms with Gasteiger partial charge in [-0.25, -0.2) is 9.21 Å². The smallest absolute Gasteiger partial charge is 0.330 e. The number of hydrogen-bond donors (Lipinski definition) is 1. The SMILES string of the molecule is NC(=O)N(Cl)CCl. The number of amides is 2. The Kier molecular flexibility index (Phi) is 2.87. The van der Waals surface area contributed by atoms with Crippen molar-refractivity contribution in [3.8, 4) is 0 Å². The molecule has 0 rings (SSSR count). The van der Waals surface area contributed by atoms with Crippen molar-refractivity contribution < 1.29 is 4.79 Å². The summed E-state index contributed by atoms with van der Waals surface area (Å²) in [7, 11) is 0. The van der Waals surface area contributed by atoms with Crippen LogP contribution in [0.4, 0.5) is 4.79 Å². The molecule has 0 radical (unpaired) electrons. The third kappa shape index (κ3) is 2.53. The van der Waals surface area contributed by atoms with Crippen LogP contribution < -0.4 is 5.73 Å². The Morgan fingerprint density at radius 1 is 1.86 bits per heavy atom. The van der Waals surface area contributed by atoms with Crippen LogP contribution in [0.25, 0.3) is 0 Å². The summed E-state index contributed by atoms with van der Waals surface area (Å²) in [5.41, 5.74) is 4.62. The van der Waals surface area contributed by atoms with Gasteiger partial charge in [-0.3, -0.25) is 0 Å². The average Bonchev–Trinajstić information content (AvgIpc) is 1.65. The van der Waals surface area contributed by atoms with Crippen LogP contribution in [0.2, 0.25) is 0 Å². The van der Waals surface area contributed by atoms with Gasteiger partial charge in [0.1, 0.15) is 6.00 Å². The quantitative estimate of drug-likeness (QED) is 0.328. The Balaban J connectivity index is 3.34. The van der Waals surface area contributed by atoms with E-state index >= 15 is 0 Å². The Morgan fingerprint density at radius 3 is 2.29 bits per heavy atom. The van der Waals surface area contributed by atoms with Gasteiger partial charge in [0.25, 0.3) is 0 Å². The number of carbonyl (C=O) groups is 1. The Bertz CT molecular complexity index is 76.1. The second-order valence-corrected chi connectivity index (χ2v) is 1.47. The molecule has 2 amide bonds. The normalized spacial score (nSPS) is 8.29. The number of alkyl halides is 1. The molecule has 0 bridgehead atoms. The topological polar surface area (TPSA) is 46.3 Å². The number of carbonyl (C=O) groups excluding carboxylic acids is 1. The van der Waals surface area contributed by atoms with E-state index in [0.717, 1.165) is 0 Å².